The number of para-hydroxylation sites is 1. The molecule has 3 heteroatoms. The molecule has 3 aromatic rings. The van der Waals surface area contributed by atoms with Crippen molar-refractivity contribution in [3.8, 4) is 0 Å². The van der Waals surface area contributed by atoms with Crippen LogP contribution < -0.4 is 0 Å². The van der Waals surface area contributed by atoms with E-state index in [0.29, 0.717) is 6.42 Å². The van der Waals surface area contributed by atoms with Crippen molar-refractivity contribution in [2.45, 2.75) is 13.3 Å². The maximum Gasteiger partial charge on any atom is 0.168 e. The third-order valence-corrected chi connectivity index (χ3v) is 3.09. The highest BCUT2D eigenvalue weighted by Gasteiger charge is 2.12. The van der Waals surface area contributed by atoms with E-state index in [-0.39, 0.29) is 5.78 Å². The largest absolute Gasteiger partial charge is 0.472 e. The Balaban J connectivity index is 2.06. The Morgan fingerprint density at radius 1 is 1.26 bits per heavy atom. The van der Waals surface area contributed by atoms with Crippen molar-refractivity contribution in [1.82, 2.24) is 4.98 Å². The van der Waals surface area contributed by atoms with E-state index in [1.165, 1.54) is 0 Å². The molecule has 0 bridgehead atoms. The molecular weight excluding hydrogens is 238 g/mol. The molecule has 0 saturated carbocycles. The SMILES string of the molecule is Cc1cc(C(=O)Cc2ccoc2)c2ccccc2n1. The van der Waals surface area contributed by atoms with E-state index in [4.69, 9.17) is 4.42 Å². The summed E-state index contributed by atoms with van der Waals surface area (Å²) in [5.74, 6) is 0.0862. The van der Waals surface area contributed by atoms with Crippen LogP contribution in [-0.4, -0.2) is 10.8 Å². The van der Waals surface area contributed by atoms with E-state index < -0.39 is 0 Å². The minimum atomic E-state index is 0.0862. The van der Waals surface area contributed by atoms with E-state index in [0.717, 1.165) is 27.7 Å². The molecule has 0 N–H and O–H groups in total. The fraction of sp³-hybridized carbons (Fsp3) is 0.125. The molecule has 94 valence electrons. The Labute approximate surface area is 110 Å². The minimum absolute atomic E-state index is 0.0862. The van der Waals surface area contributed by atoms with Crippen molar-refractivity contribution in [2.24, 2.45) is 0 Å². The Morgan fingerprint density at radius 2 is 2.11 bits per heavy atom. The van der Waals surface area contributed by atoms with Gasteiger partial charge in [0.1, 0.15) is 0 Å². The summed E-state index contributed by atoms with van der Waals surface area (Å²) in [5.41, 5.74) is 3.33. The first-order valence-corrected chi connectivity index (χ1v) is 6.15. The summed E-state index contributed by atoms with van der Waals surface area (Å²) in [4.78, 5) is 16.9. The molecule has 3 nitrogen and oxygen atoms in total. The number of Topliss-reactive ketones (excluding diaryl/α,β-unsaturated/α-hetero) is 1. The Kier molecular flexibility index (Phi) is 2.88. The molecule has 0 aliphatic rings. The van der Waals surface area contributed by atoms with Gasteiger partial charge < -0.3 is 4.42 Å². The van der Waals surface area contributed by atoms with E-state index in [2.05, 4.69) is 4.98 Å². The van der Waals surface area contributed by atoms with Gasteiger partial charge in [-0.25, -0.2) is 0 Å². The fourth-order valence-electron chi connectivity index (χ4n) is 2.21. The van der Waals surface area contributed by atoms with Crippen molar-refractivity contribution < 1.29 is 9.21 Å². The van der Waals surface area contributed by atoms with Gasteiger partial charge in [0.15, 0.2) is 5.78 Å². The second kappa shape index (κ2) is 4.69. The monoisotopic (exact) mass is 251 g/mol. The lowest BCUT2D eigenvalue weighted by molar-refractivity contribution is 0.0994. The number of carbonyl (C=O) groups is 1. The summed E-state index contributed by atoms with van der Waals surface area (Å²) in [6, 6.07) is 11.4. The lowest BCUT2D eigenvalue weighted by Gasteiger charge is -2.06. The summed E-state index contributed by atoms with van der Waals surface area (Å²) in [6.07, 6.45) is 3.54. The predicted octanol–water partition coefficient (Wildman–Crippen LogP) is 3.56. The normalized spacial score (nSPS) is 10.8. The van der Waals surface area contributed by atoms with Crippen LogP contribution in [0.4, 0.5) is 0 Å². The van der Waals surface area contributed by atoms with Crippen LogP contribution >= 0.6 is 0 Å². The van der Waals surface area contributed by atoms with Crippen molar-refractivity contribution in [3.05, 3.63) is 65.7 Å². The van der Waals surface area contributed by atoms with Crippen LogP contribution in [0.3, 0.4) is 0 Å². The van der Waals surface area contributed by atoms with Gasteiger partial charge in [-0.3, -0.25) is 9.78 Å². The highest BCUT2D eigenvalue weighted by Crippen LogP contribution is 2.20. The van der Waals surface area contributed by atoms with E-state index >= 15 is 0 Å². The number of hydrogen-bond acceptors (Lipinski definition) is 3. The van der Waals surface area contributed by atoms with Crippen molar-refractivity contribution >= 4 is 16.7 Å². The number of pyridine rings is 1. The summed E-state index contributed by atoms with van der Waals surface area (Å²) >= 11 is 0. The van der Waals surface area contributed by atoms with Crippen LogP contribution in [0.15, 0.2) is 53.3 Å². The Bertz CT molecular complexity index is 730. The van der Waals surface area contributed by atoms with E-state index in [1.807, 2.05) is 43.3 Å². The zero-order chi connectivity index (χ0) is 13.2. The number of furan rings is 1. The molecule has 0 unspecified atom stereocenters. The zero-order valence-corrected chi connectivity index (χ0v) is 10.6. The summed E-state index contributed by atoms with van der Waals surface area (Å²) in [7, 11) is 0. The van der Waals surface area contributed by atoms with Crippen LogP contribution in [0.1, 0.15) is 21.6 Å². The smallest absolute Gasteiger partial charge is 0.168 e. The molecule has 3 rings (SSSR count). The van der Waals surface area contributed by atoms with Gasteiger partial charge in [0, 0.05) is 23.1 Å². The number of ketones is 1. The van der Waals surface area contributed by atoms with Gasteiger partial charge >= 0.3 is 0 Å². The Hall–Kier alpha value is -2.42. The van der Waals surface area contributed by atoms with Crippen molar-refractivity contribution in [3.63, 3.8) is 0 Å². The maximum absolute atomic E-state index is 12.4. The quantitative estimate of drug-likeness (QED) is 0.668. The first-order chi connectivity index (χ1) is 9.24. The number of aromatic nitrogens is 1. The van der Waals surface area contributed by atoms with Crippen molar-refractivity contribution in [2.75, 3.05) is 0 Å². The fourth-order valence-corrected chi connectivity index (χ4v) is 2.21. The molecule has 0 fully saturated rings. The molecule has 0 saturated heterocycles. The van der Waals surface area contributed by atoms with Crippen molar-refractivity contribution in [1.29, 1.82) is 0 Å². The average Bonchev–Trinajstić information content (AvgIpc) is 2.90. The van der Waals surface area contributed by atoms with E-state index in [9.17, 15) is 4.79 Å². The molecule has 2 heterocycles. The predicted molar refractivity (Wildman–Crippen MR) is 73.2 cm³/mol. The van der Waals surface area contributed by atoms with Gasteiger partial charge in [0.05, 0.1) is 18.0 Å². The Morgan fingerprint density at radius 3 is 2.89 bits per heavy atom. The molecule has 0 atom stereocenters. The summed E-state index contributed by atoms with van der Waals surface area (Å²) in [5, 5.41) is 0.904. The van der Waals surface area contributed by atoms with Gasteiger partial charge in [-0.1, -0.05) is 18.2 Å². The summed E-state index contributed by atoms with van der Waals surface area (Å²) in [6.45, 7) is 1.90. The zero-order valence-electron chi connectivity index (χ0n) is 10.6. The molecule has 2 aromatic heterocycles. The van der Waals surface area contributed by atoms with Gasteiger partial charge in [0.25, 0.3) is 0 Å². The molecular formula is C16H13NO2. The third kappa shape index (κ3) is 2.27. The topological polar surface area (TPSA) is 43.1 Å². The second-order valence-electron chi connectivity index (χ2n) is 4.56. The molecule has 0 aliphatic carbocycles. The molecule has 19 heavy (non-hydrogen) atoms. The molecule has 0 amide bonds. The first kappa shape index (κ1) is 11.7. The van der Waals surface area contributed by atoms with Crippen LogP contribution in [0, 0.1) is 6.92 Å². The number of carbonyl (C=O) groups excluding carboxylic acids is 1. The van der Waals surface area contributed by atoms with Gasteiger partial charge in [0.2, 0.25) is 0 Å². The van der Waals surface area contributed by atoms with Crippen LogP contribution in [0.2, 0.25) is 0 Å². The third-order valence-electron chi connectivity index (χ3n) is 3.09. The number of benzene rings is 1. The highest BCUT2D eigenvalue weighted by molar-refractivity contribution is 6.08. The molecule has 0 aliphatic heterocycles. The average molecular weight is 251 g/mol. The number of hydrogen-bond donors (Lipinski definition) is 0. The lowest BCUT2D eigenvalue weighted by Crippen LogP contribution is -2.05. The van der Waals surface area contributed by atoms with Gasteiger partial charge in [-0.05, 0) is 30.7 Å². The second-order valence-corrected chi connectivity index (χ2v) is 4.56. The lowest BCUT2D eigenvalue weighted by atomic mass is 10.0. The molecule has 0 radical (unpaired) electrons. The summed E-state index contributed by atoms with van der Waals surface area (Å²) < 4.78 is 5.00. The van der Waals surface area contributed by atoms with Crippen LogP contribution in [0.5, 0.6) is 0 Å². The minimum Gasteiger partial charge on any atom is -0.472 e. The number of nitrogens with zero attached hydrogens (tertiary/aromatic N) is 1. The molecule has 0 spiro atoms. The van der Waals surface area contributed by atoms with Gasteiger partial charge in [-0.15, -0.1) is 0 Å². The van der Waals surface area contributed by atoms with Crippen LogP contribution in [-0.2, 0) is 6.42 Å². The standard InChI is InChI=1S/C16H13NO2/c1-11-8-14(13-4-2-3-5-15(13)17-11)16(18)9-12-6-7-19-10-12/h2-8,10H,9H2,1H3. The number of fused-ring (bicyclic) bond motifs is 1. The maximum atomic E-state index is 12.4. The van der Waals surface area contributed by atoms with Gasteiger partial charge in [-0.2, -0.15) is 0 Å². The highest BCUT2D eigenvalue weighted by atomic mass is 16.3. The number of rotatable bonds is 3. The number of aryl methyl sites for hydroxylation is 1. The van der Waals surface area contributed by atoms with E-state index in [1.54, 1.807) is 12.5 Å². The first-order valence-electron chi connectivity index (χ1n) is 6.15. The molecule has 1 aromatic carbocycles. The van der Waals surface area contributed by atoms with Crippen LogP contribution in [0.25, 0.3) is 10.9 Å².